The molecule has 168 valence electrons. The van der Waals surface area contributed by atoms with Gasteiger partial charge in [0.2, 0.25) is 0 Å². The molecule has 0 unspecified atom stereocenters. The minimum Gasteiger partial charge on any atom is -0.356 e. The van der Waals surface area contributed by atoms with Gasteiger partial charge in [-0.1, -0.05) is 19.9 Å². The summed E-state index contributed by atoms with van der Waals surface area (Å²) in [6.07, 6.45) is 3.32. The summed E-state index contributed by atoms with van der Waals surface area (Å²) in [5, 5.41) is 17.7. The van der Waals surface area contributed by atoms with Crippen molar-refractivity contribution in [1.82, 2.24) is 30.3 Å². The van der Waals surface area contributed by atoms with E-state index in [1.807, 2.05) is 18.5 Å². The van der Waals surface area contributed by atoms with Gasteiger partial charge < -0.3 is 20.1 Å². The van der Waals surface area contributed by atoms with Crippen LogP contribution in [0.2, 0.25) is 0 Å². The van der Waals surface area contributed by atoms with E-state index in [1.165, 1.54) is 11.4 Å². The number of guanidine groups is 1. The molecule has 0 saturated carbocycles. The van der Waals surface area contributed by atoms with Crippen molar-refractivity contribution in [3.8, 4) is 0 Å². The largest absolute Gasteiger partial charge is 0.356 e. The van der Waals surface area contributed by atoms with Gasteiger partial charge in [-0.05, 0) is 43.6 Å². The number of hydrogen-bond acceptors (Lipinski definition) is 5. The Morgan fingerprint density at radius 1 is 1.30 bits per heavy atom. The van der Waals surface area contributed by atoms with Crippen LogP contribution in [0.4, 0.5) is 0 Å². The van der Waals surface area contributed by atoms with E-state index in [-0.39, 0.29) is 24.0 Å². The Balaban J connectivity index is 0.00000320. The fourth-order valence-electron chi connectivity index (χ4n) is 3.62. The molecule has 0 spiro atoms. The first-order valence-corrected chi connectivity index (χ1v) is 11.5. The van der Waals surface area contributed by atoms with Gasteiger partial charge in [-0.3, -0.25) is 0 Å². The summed E-state index contributed by atoms with van der Waals surface area (Å²) >= 11 is 1.80. The van der Waals surface area contributed by atoms with Gasteiger partial charge in [-0.15, -0.1) is 45.5 Å². The number of hydrogen-bond donors (Lipinski definition) is 2. The molecule has 0 radical (unpaired) electrons. The zero-order chi connectivity index (χ0) is 20.6. The van der Waals surface area contributed by atoms with E-state index in [4.69, 9.17) is 4.99 Å². The Hall–Kier alpha value is -1.20. The normalized spacial score (nSPS) is 16.0. The third kappa shape index (κ3) is 7.81. The maximum absolute atomic E-state index is 4.81. The number of aliphatic imine (C=N–C) groups is 1. The van der Waals surface area contributed by atoms with Crippen LogP contribution in [0.1, 0.15) is 43.2 Å². The number of aryl methyl sites for hydroxylation is 1. The molecule has 0 aromatic carbocycles. The number of nitrogens with zero attached hydrogens (tertiary/aromatic N) is 5. The second-order valence-corrected chi connectivity index (χ2v) is 9.29. The Labute approximate surface area is 201 Å². The zero-order valence-corrected chi connectivity index (χ0v) is 21.7. The summed E-state index contributed by atoms with van der Waals surface area (Å²) in [7, 11) is 1.99. The lowest BCUT2D eigenvalue weighted by Gasteiger charge is -2.34. The molecule has 9 heteroatoms. The quantitative estimate of drug-likeness (QED) is 0.303. The van der Waals surface area contributed by atoms with Crippen LogP contribution in [-0.2, 0) is 20.0 Å². The third-order valence-electron chi connectivity index (χ3n) is 5.36. The SMILES string of the molecule is Cc1nnc(CN=C(NCCc2cccs2)NC2CCN(CC(C)C)CC2)n1C.I. The number of likely N-dealkylation sites (tertiary alicyclic amines) is 1. The summed E-state index contributed by atoms with van der Waals surface area (Å²) in [6, 6.07) is 4.76. The van der Waals surface area contributed by atoms with Gasteiger partial charge in [0.1, 0.15) is 12.4 Å². The van der Waals surface area contributed by atoms with E-state index in [1.54, 1.807) is 11.3 Å². The first-order chi connectivity index (χ1) is 14.0. The van der Waals surface area contributed by atoms with Crippen LogP contribution in [0, 0.1) is 12.8 Å². The first kappa shape index (κ1) is 25.1. The number of rotatable bonds is 8. The van der Waals surface area contributed by atoms with Crippen LogP contribution in [0.3, 0.4) is 0 Å². The van der Waals surface area contributed by atoms with Crippen LogP contribution in [-0.4, -0.2) is 57.8 Å². The molecule has 1 saturated heterocycles. The topological polar surface area (TPSA) is 70.4 Å². The monoisotopic (exact) mass is 545 g/mol. The molecular formula is C21H36IN7S. The number of thiophene rings is 1. The lowest BCUT2D eigenvalue weighted by molar-refractivity contribution is 0.187. The highest BCUT2D eigenvalue weighted by molar-refractivity contribution is 14.0. The van der Waals surface area contributed by atoms with Crippen molar-refractivity contribution >= 4 is 41.3 Å². The van der Waals surface area contributed by atoms with E-state index >= 15 is 0 Å². The molecule has 3 heterocycles. The molecule has 1 aliphatic rings. The maximum atomic E-state index is 4.81. The molecular weight excluding hydrogens is 509 g/mol. The summed E-state index contributed by atoms with van der Waals surface area (Å²) in [5.74, 6) is 3.40. The molecule has 2 aromatic heterocycles. The van der Waals surface area contributed by atoms with Gasteiger partial charge in [-0.2, -0.15) is 0 Å². The molecule has 0 amide bonds. The maximum Gasteiger partial charge on any atom is 0.191 e. The van der Waals surface area contributed by atoms with E-state index in [9.17, 15) is 0 Å². The van der Waals surface area contributed by atoms with Gasteiger partial charge in [0.15, 0.2) is 11.8 Å². The van der Waals surface area contributed by atoms with Crippen molar-refractivity contribution in [3.63, 3.8) is 0 Å². The van der Waals surface area contributed by atoms with Crippen LogP contribution in [0.25, 0.3) is 0 Å². The predicted octanol–water partition coefficient (Wildman–Crippen LogP) is 3.20. The first-order valence-electron chi connectivity index (χ1n) is 10.7. The fraction of sp³-hybridized carbons (Fsp3) is 0.667. The lowest BCUT2D eigenvalue weighted by atomic mass is 10.0. The number of aromatic nitrogens is 3. The highest BCUT2D eigenvalue weighted by Crippen LogP contribution is 2.12. The highest BCUT2D eigenvalue weighted by atomic mass is 127. The van der Waals surface area contributed by atoms with Crippen molar-refractivity contribution in [2.75, 3.05) is 26.2 Å². The lowest BCUT2D eigenvalue weighted by Crippen LogP contribution is -2.49. The van der Waals surface area contributed by atoms with Crippen LogP contribution < -0.4 is 10.6 Å². The van der Waals surface area contributed by atoms with Gasteiger partial charge in [0.25, 0.3) is 0 Å². The average molecular weight is 546 g/mol. The van der Waals surface area contributed by atoms with Gasteiger partial charge in [0.05, 0.1) is 0 Å². The van der Waals surface area contributed by atoms with Crippen LogP contribution >= 0.6 is 35.3 Å². The van der Waals surface area contributed by atoms with Crippen molar-refractivity contribution in [3.05, 3.63) is 34.0 Å². The summed E-state index contributed by atoms with van der Waals surface area (Å²) in [6.45, 7) is 11.4. The molecule has 0 atom stereocenters. The van der Waals surface area contributed by atoms with Gasteiger partial charge >= 0.3 is 0 Å². The van der Waals surface area contributed by atoms with Gasteiger partial charge in [0, 0.05) is 44.1 Å². The minimum atomic E-state index is 0. The fourth-order valence-corrected chi connectivity index (χ4v) is 4.33. The van der Waals surface area contributed by atoms with E-state index in [0.29, 0.717) is 12.6 Å². The smallest absolute Gasteiger partial charge is 0.191 e. The molecule has 2 N–H and O–H groups in total. The summed E-state index contributed by atoms with van der Waals surface area (Å²) in [5.41, 5.74) is 0. The van der Waals surface area contributed by atoms with Crippen molar-refractivity contribution in [1.29, 1.82) is 0 Å². The second kappa shape index (κ2) is 12.6. The highest BCUT2D eigenvalue weighted by Gasteiger charge is 2.20. The molecule has 0 bridgehead atoms. The Morgan fingerprint density at radius 3 is 2.67 bits per heavy atom. The van der Waals surface area contributed by atoms with Gasteiger partial charge in [-0.25, -0.2) is 4.99 Å². The zero-order valence-electron chi connectivity index (χ0n) is 18.6. The van der Waals surface area contributed by atoms with Crippen LogP contribution in [0.15, 0.2) is 22.5 Å². The van der Waals surface area contributed by atoms with Crippen LogP contribution in [0.5, 0.6) is 0 Å². The Bertz CT molecular complexity index is 764. The third-order valence-corrected chi connectivity index (χ3v) is 6.29. The average Bonchev–Trinajstić information content (AvgIpc) is 3.32. The van der Waals surface area contributed by atoms with E-state index < -0.39 is 0 Å². The molecule has 0 aliphatic carbocycles. The molecule has 2 aromatic rings. The number of halogens is 1. The van der Waals surface area contributed by atoms with Crippen molar-refractivity contribution in [2.45, 2.75) is 52.6 Å². The molecule has 1 fully saturated rings. The molecule has 7 nitrogen and oxygen atoms in total. The standard InChI is InChI=1S/C21H35N7S.HI/c1-16(2)15-28-11-8-18(9-12-28)24-21(22-10-7-19-6-5-13-29-19)23-14-20-26-25-17(3)27(20)4;/h5-6,13,16,18H,7-12,14-15H2,1-4H3,(H2,22,23,24);1H. The summed E-state index contributed by atoms with van der Waals surface area (Å²) in [4.78, 5) is 8.78. The second-order valence-electron chi connectivity index (χ2n) is 8.26. The number of piperidine rings is 1. The number of nitrogens with one attached hydrogen (secondary N) is 2. The molecule has 1 aliphatic heterocycles. The van der Waals surface area contributed by atoms with Crippen molar-refractivity contribution in [2.24, 2.45) is 18.0 Å². The Kier molecular flexibility index (Phi) is 10.5. The Morgan fingerprint density at radius 2 is 2.07 bits per heavy atom. The summed E-state index contributed by atoms with van der Waals surface area (Å²) < 4.78 is 2.00. The molecule has 30 heavy (non-hydrogen) atoms. The predicted molar refractivity (Wildman–Crippen MR) is 136 cm³/mol. The van der Waals surface area contributed by atoms with E-state index in [2.05, 4.69) is 57.1 Å². The molecule has 3 rings (SSSR count). The van der Waals surface area contributed by atoms with Crippen molar-refractivity contribution < 1.29 is 0 Å². The van der Waals surface area contributed by atoms with E-state index in [0.717, 1.165) is 62.4 Å². The minimum absolute atomic E-state index is 0.